The van der Waals surface area contributed by atoms with Gasteiger partial charge in [0.1, 0.15) is 11.6 Å². The number of nitrogens with zero attached hydrogens (tertiary/aromatic N) is 4. The summed E-state index contributed by atoms with van der Waals surface area (Å²) < 4.78 is 1.82. The number of hydrogen-bond donors (Lipinski definition) is 2. The third-order valence-corrected chi connectivity index (χ3v) is 5.70. The Bertz CT molecular complexity index is 905. The molecule has 3 unspecified atom stereocenters. The summed E-state index contributed by atoms with van der Waals surface area (Å²) in [5.41, 5.74) is 1.83. The van der Waals surface area contributed by atoms with Gasteiger partial charge in [0.05, 0.1) is 0 Å². The molecule has 2 aliphatic carbocycles. The van der Waals surface area contributed by atoms with E-state index in [0.29, 0.717) is 12.5 Å². The highest BCUT2D eigenvalue weighted by atomic mass is 16.3. The maximum atomic E-state index is 9.42. The summed E-state index contributed by atoms with van der Waals surface area (Å²) in [5.74, 6) is 3.69. The smallest absolute Gasteiger partial charge is 0.178 e. The lowest BCUT2D eigenvalue weighted by Crippen LogP contribution is -2.26. The average Bonchev–Trinajstić information content (AvgIpc) is 3.42. The third kappa shape index (κ3) is 3.61. The van der Waals surface area contributed by atoms with Gasteiger partial charge in [0.25, 0.3) is 0 Å². The van der Waals surface area contributed by atoms with Gasteiger partial charge in [-0.05, 0) is 60.9 Å². The zero-order valence-electron chi connectivity index (χ0n) is 16.0. The minimum atomic E-state index is 0.269. The lowest BCUT2D eigenvalue weighted by molar-refractivity contribution is 0.438. The molecule has 0 aliphatic heterocycles. The van der Waals surface area contributed by atoms with Gasteiger partial charge in [-0.3, -0.25) is 0 Å². The minimum absolute atomic E-state index is 0.269. The number of fused-ring (bicyclic) bond motifs is 3. The molecule has 1 aromatic carbocycles. The van der Waals surface area contributed by atoms with E-state index in [1.54, 1.807) is 12.1 Å². The normalized spacial score (nSPS) is 23.3. The van der Waals surface area contributed by atoms with Crippen molar-refractivity contribution in [1.82, 2.24) is 19.8 Å². The monoisotopic (exact) mass is 365 g/mol. The van der Waals surface area contributed by atoms with E-state index in [9.17, 15) is 5.11 Å². The molecule has 0 radical (unpaired) electrons. The summed E-state index contributed by atoms with van der Waals surface area (Å²) in [6.45, 7) is 4.00. The van der Waals surface area contributed by atoms with Crippen LogP contribution in [0.25, 0.3) is 5.65 Å². The molecule has 0 saturated heterocycles. The van der Waals surface area contributed by atoms with E-state index in [-0.39, 0.29) is 5.75 Å². The lowest BCUT2D eigenvalue weighted by atomic mass is 9.95. The Kier molecular flexibility index (Phi) is 4.97. The number of anilines is 1. The van der Waals surface area contributed by atoms with E-state index in [4.69, 9.17) is 5.10 Å². The summed E-state index contributed by atoms with van der Waals surface area (Å²) in [6, 6.07) is 11.7. The molecule has 27 heavy (non-hydrogen) atoms. The number of aromatic nitrogens is 4. The maximum Gasteiger partial charge on any atom is 0.178 e. The van der Waals surface area contributed by atoms with E-state index in [0.717, 1.165) is 34.7 Å². The summed E-state index contributed by atoms with van der Waals surface area (Å²) in [7, 11) is 0. The molecule has 0 amide bonds. The average molecular weight is 365 g/mol. The summed E-state index contributed by atoms with van der Waals surface area (Å²) >= 11 is 0. The van der Waals surface area contributed by atoms with Crippen LogP contribution >= 0.6 is 0 Å². The van der Waals surface area contributed by atoms with Gasteiger partial charge in [0.2, 0.25) is 0 Å². The van der Waals surface area contributed by atoms with Crippen LogP contribution in [0.4, 0.5) is 5.82 Å². The van der Waals surface area contributed by atoms with E-state index < -0.39 is 0 Å². The van der Waals surface area contributed by atoms with Gasteiger partial charge in [0.15, 0.2) is 11.5 Å². The molecule has 2 bridgehead atoms. The van der Waals surface area contributed by atoms with Crippen molar-refractivity contribution < 1.29 is 5.11 Å². The second-order valence-electron chi connectivity index (χ2n) is 7.37. The van der Waals surface area contributed by atoms with Crippen LogP contribution in [-0.4, -0.2) is 31.0 Å². The molecule has 3 aromatic rings. The second-order valence-corrected chi connectivity index (χ2v) is 7.37. The van der Waals surface area contributed by atoms with E-state index in [2.05, 4.69) is 15.5 Å². The number of nitrogens with one attached hydrogen (secondary N) is 1. The Morgan fingerprint density at radius 2 is 1.85 bits per heavy atom. The first-order chi connectivity index (χ1) is 13.2. The first-order valence-electron chi connectivity index (χ1n) is 10.0. The number of benzene rings is 1. The Balaban J connectivity index is 0.000000872. The summed E-state index contributed by atoms with van der Waals surface area (Å²) in [5, 5.41) is 26.3. The Morgan fingerprint density at radius 3 is 2.56 bits per heavy atom. The Labute approximate surface area is 159 Å². The number of aromatic hydroxyl groups is 1. The molecule has 6 heteroatoms. The van der Waals surface area contributed by atoms with Gasteiger partial charge in [-0.1, -0.05) is 32.4 Å². The fourth-order valence-electron chi connectivity index (χ4n) is 4.43. The lowest BCUT2D eigenvalue weighted by Gasteiger charge is -2.23. The van der Waals surface area contributed by atoms with Crippen LogP contribution in [0.5, 0.6) is 5.75 Å². The van der Waals surface area contributed by atoms with Crippen molar-refractivity contribution in [3.63, 3.8) is 0 Å². The molecule has 2 saturated carbocycles. The minimum Gasteiger partial charge on any atom is -0.508 e. The predicted octanol–water partition coefficient (Wildman–Crippen LogP) is 4.05. The van der Waals surface area contributed by atoms with Crippen LogP contribution in [0.3, 0.4) is 0 Å². The van der Waals surface area contributed by atoms with Crippen molar-refractivity contribution in [1.29, 1.82) is 0 Å². The molecular weight excluding hydrogens is 338 g/mol. The highest BCUT2D eigenvalue weighted by Crippen LogP contribution is 2.45. The van der Waals surface area contributed by atoms with Gasteiger partial charge >= 0.3 is 0 Å². The standard InChI is InChI=1S/C19H21N5O.C2H6/c25-15-5-2-12(3-6-15)11-19-22-21-18-8-7-17(23-24(18)19)20-16-10-13-1-4-14(16)9-13;1-2/h2-3,5-8,13-14,16,25H,1,4,9-11H2,(H,20,23);1-2H3. The van der Waals surface area contributed by atoms with Crippen LogP contribution in [0, 0.1) is 11.8 Å². The quantitative estimate of drug-likeness (QED) is 0.729. The molecule has 2 heterocycles. The molecular formula is C21H27N5O. The number of phenols is 1. The number of hydrogen-bond acceptors (Lipinski definition) is 5. The highest BCUT2D eigenvalue weighted by molar-refractivity contribution is 5.45. The van der Waals surface area contributed by atoms with Gasteiger partial charge in [0, 0.05) is 12.5 Å². The van der Waals surface area contributed by atoms with Crippen molar-refractivity contribution >= 4 is 11.5 Å². The topological polar surface area (TPSA) is 75.3 Å². The van der Waals surface area contributed by atoms with E-state index in [1.807, 2.05) is 42.6 Å². The Hall–Kier alpha value is -2.63. The maximum absolute atomic E-state index is 9.42. The van der Waals surface area contributed by atoms with Crippen LogP contribution in [0.2, 0.25) is 0 Å². The Morgan fingerprint density at radius 1 is 1.04 bits per heavy atom. The van der Waals surface area contributed by atoms with Crippen molar-refractivity contribution in [2.75, 3.05) is 5.32 Å². The van der Waals surface area contributed by atoms with Gasteiger partial charge in [-0.25, -0.2) is 0 Å². The van der Waals surface area contributed by atoms with Crippen LogP contribution in [0.15, 0.2) is 36.4 Å². The second kappa shape index (κ2) is 7.55. The number of rotatable bonds is 4. The van der Waals surface area contributed by atoms with E-state index >= 15 is 0 Å². The van der Waals surface area contributed by atoms with Crippen LogP contribution in [-0.2, 0) is 6.42 Å². The zero-order chi connectivity index (χ0) is 18.8. The fraction of sp³-hybridized carbons (Fsp3) is 0.476. The molecule has 5 rings (SSSR count). The molecule has 2 aliphatic rings. The van der Waals surface area contributed by atoms with Crippen molar-refractivity contribution in [3.05, 3.63) is 47.8 Å². The molecule has 3 atom stereocenters. The van der Waals surface area contributed by atoms with Gasteiger partial charge in [-0.15, -0.1) is 15.3 Å². The SMILES string of the molecule is CC.Oc1ccc(Cc2nnc3ccc(NC4CC5CCC4C5)nn23)cc1. The first kappa shape index (κ1) is 17.8. The molecule has 2 fully saturated rings. The van der Waals surface area contributed by atoms with Crippen LogP contribution in [0.1, 0.15) is 50.9 Å². The first-order valence-corrected chi connectivity index (χ1v) is 10.0. The molecule has 2 aromatic heterocycles. The van der Waals surface area contributed by atoms with Gasteiger partial charge in [-0.2, -0.15) is 4.52 Å². The number of phenolic OH excluding ortho intramolecular Hbond substituents is 1. The highest BCUT2D eigenvalue weighted by Gasteiger charge is 2.39. The molecule has 0 spiro atoms. The fourth-order valence-corrected chi connectivity index (χ4v) is 4.43. The van der Waals surface area contributed by atoms with E-state index in [1.165, 1.54) is 25.7 Å². The molecule has 6 nitrogen and oxygen atoms in total. The van der Waals surface area contributed by atoms with Crippen LogP contribution < -0.4 is 5.32 Å². The van der Waals surface area contributed by atoms with Gasteiger partial charge < -0.3 is 10.4 Å². The third-order valence-electron chi connectivity index (χ3n) is 5.70. The summed E-state index contributed by atoms with van der Waals surface area (Å²) in [6.07, 6.45) is 6.03. The largest absolute Gasteiger partial charge is 0.508 e. The molecule has 2 N–H and O–H groups in total. The summed E-state index contributed by atoms with van der Waals surface area (Å²) in [4.78, 5) is 0. The zero-order valence-corrected chi connectivity index (χ0v) is 16.0. The van der Waals surface area contributed by atoms with Crippen molar-refractivity contribution in [2.45, 2.75) is 52.0 Å². The van der Waals surface area contributed by atoms with Crippen molar-refractivity contribution in [2.24, 2.45) is 11.8 Å². The van der Waals surface area contributed by atoms with Crippen molar-refractivity contribution in [3.8, 4) is 5.75 Å². The predicted molar refractivity (Wildman–Crippen MR) is 106 cm³/mol. The molecule has 142 valence electrons.